The molecule has 5 heteroatoms. The van der Waals surface area contributed by atoms with Gasteiger partial charge in [-0.2, -0.15) is 11.8 Å². The predicted molar refractivity (Wildman–Crippen MR) is 79.3 cm³/mol. The van der Waals surface area contributed by atoms with E-state index in [0.717, 1.165) is 27.6 Å². The van der Waals surface area contributed by atoms with E-state index in [1.807, 2.05) is 18.2 Å². The van der Waals surface area contributed by atoms with Gasteiger partial charge in [-0.25, -0.2) is 4.79 Å². The lowest BCUT2D eigenvalue weighted by atomic mass is 10.2. The van der Waals surface area contributed by atoms with Gasteiger partial charge in [0.05, 0.1) is 11.1 Å². The van der Waals surface area contributed by atoms with E-state index in [9.17, 15) is 4.79 Å². The first-order valence-electron chi connectivity index (χ1n) is 5.55. The van der Waals surface area contributed by atoms with Crippen LogP contribution in [0.2, 0.25) is 0 Å². The predicted octanol–water partition coefficient (Wildman–Crippen LogP) is 3.68. The Balaban J connectivity index is 2.77. The fourth-order valence-electron chi connectivity index (χ4n) is 1.32. The minimum absolute atomic E-state index is 0.606. The Hall–Kier alpha value is -0.940. The van der Waals surface area contributed by atoms with E-state index < -0.39 is 5.97 Å². The Morgan fingerprint density at radius 1 is 1.56 bits per heavy atom. The zero-order valence-corrected chi connectivity index (χ0v) is 12.5. The van der Waals surface area contributed by atoms with Crippen LogP contribution in [-0.2, 0) is 4.79 Å². The number of carboxylic acids is 1. The van der Waals surface area contributed by atoms with Crippen LogP contribution < -0.4 is 4.74 Å². The molecule has 0 radical (unpaired) electrons. The smallest absolute Gasteiger partial charge is 0.328 e. The molecule has 0 atom stereocenters. The molecule has 0 saturated carbocycles. The van der Waals surface area contributed by atoms with E-state index >= 15 is 0 Å². The quantitative estimate of drug-likeness (QED) is 0.612. The summed E-state index contributed by atoms with van der Waals surface area (Å²) in [5.41, 5.74) is 0.758. The van der Waals surface area contributed by atoms with Crippen molar-refractivity contribution in [1.82, 2.24) is 0 Å². The molecular weight excluding hydrogens is 316 g/mol. The Kier molecular flexibility index (Phi) is 6.90. The van der Waals surface area contributed by atoms with Crippen molar-refractivity contribution in [3.63, 3.8) is 0 Å². The number of hydrogen-bond donors (Lipinski definition) is 1. The summed E-state index contributed by atoms with van der Waals surface area (Å²) in [6.07, 6.45) is 2.64. The lowest BCUT2D eigenvalue weighted by Gasteiger charge is -2.10. The van der Waals surface area contributed by atoms with Crippen molar-refractivity contribution in [3.05, 3.63) is 34.3 Å². The maximum Gasteiger partial charge on any atom is 0.328 e. The first-order chi connectivity index (χ1) is 8.65. The number of hydrogen-bond acceptors (Lipinski definition) is 3. The highest BCUT2D eigenvalue weighted by molar-refractivity contribution is 9.10. The SMILES string of the molecule is CCSCCOc1c(Br)cccc1/C=C/C(=O)O. The monoisotopic (exact) mass is 330 g/mol. The second-order valence-electron chi connectivity index (χ2n) is 3.38. The minimum Gasteiger partial charge on any atom is -0.491 e. The number of carboxylic acid groups (broad SMARTS) is 1. The number of halogens is 1. The number of ether oxygens (including phenoxy) is 1. The number of carbonyl (C=O) groups is 1. The summed E-state index contributed by atoms with van der Waals surface area (Å²) < 4.78 is 6.52. The average molecular weight is 331 g/mol. The van der Waals surface area contributed by atoms with Gasteiger partial charge in [0, 0.05) is 17.4 Å². The Bertz CT molecular complexity index is 432. The van der Waals surface area contributed by atoms with Gasteiger partial charge in [-0.3, -0.25) is 0 Å². The first kappa shape index (κ1) is 15.1. The Morgan fingerprint density at radius 2 is 2.33 bits per heavy atom. The summed E-state index contributed by atoms with van der Waals surface area (Å²) in [5, 5.41) is 8.64. The Labute approximate surface area is 119 Å². The van der Waals surface area contributed by atoms with Crippen molar-refractivity contribution in [3.8, 4) is 5.75 Å². The summed E-state index contributed by atoms with van der Waals surface area (Å²) in [7, 11) is 0. The van der Waals surface area contributed by atoms with E-state index in [4.69, 9.17) is 9.84 Å². The van der Waals surface area contributed by atoms with Crippen LogP contribution in [0.25, 0.3) is 6.08 Å². The third-order valence-corrected chi connectivity index (χ3v) is 3.57. The van der Waals surface area contributed by atoms with Crippen LogP contribution in [0.4, 0.5) is 0 Å². The molecule has 0 aliphatic heterocycles. The molecule has 18 heavy (non-hydrogen) atoms. The summed E-state index contributed by atoms with van der Waals surface area (Å²) >= 11 is 5.22. The van der Waals surface area contributed by atoms with Crippen LogP contribution in [0.3, 0.4) is 0 Å². The molecule has 0 fully saturated rings. The van der Waals surface area contributed by atoms with Crippen LogP contribution in [0.15, 0.2) is 28.7 Å². The normalized spacial score (nSPS) is 10.8. The van der Waals surface area contributed by atoms with Gasteiger partial charge in [-0.15, -0.1) is 0 Å². The van der Waals surface area contributed by atoms with Crippen molar-refractivity contribution < 1.29 is 14.6 Å². The molecule has 0 bridgehead atoms. The summed E-state index contributed by atoms with van der Waals surface area (Å²) in [6.45, 7) is 2.71. The summed E-state index contributed by atoms with van der Waals surface area (Å²) in [4.78, 5) is 10.5. The van der Waals surface area contributed by atoms with Gasteiger partial charge in [0.25, 0.3) is 0 Å². The molecule has 0 heterocycles. The van der Waals surface area contributed by atoms with E-state index in [1.54, 1.807) is 11.8 Å². The molecule has 0 amide bonds. The number of rotatable bonds is 7. The van der Waals surface area contributed by atoms with E-state index in [2.05, 4.69) is 22.9 Å². The third-order valence-electron chi connectivity index (χ3n) is 2.08. The number of benzene rings is 1. The van der Waals surface area contributed by atoms with Gasteiger partial charge in [-0.1, -0.05) is 19.1 Å². The molecule has 98 valence electrons. The van der Waals surface area contributed by atoms with Crippen molar-refractivity contribution in [1.29, 1.82) is 0 Å². The van der Waals surface area contributed by atoms with Gasteiger partial charge < -0.3 is 9.84 Å². The van der Waals surface area contributed by atoms with Gasteiger partial charge >= 0.3 is 5.97 Å². The molecule has 0 aromatic heterocycles. The van der Waals surface area contributed by atoms with Gasteiger partial charge in [0.1, 0.15) is 5.75 Å². The van der Waals surface area contributed by atoms with Crippen molar-refractivity contribution in [2.24, 2.45) is 0 Å². The highest BCUT2D eigenvalue weighted by Gasteiger charge is 2.06. The molecule has 3 nitrogen and oxygen atoms in total. The largest absolute Gasteiger partial charge is 0.491 e. The zero-order valence-electron chi connectivity index (χ0n) is 10.1. The molecule has 0 aliphatic rings. The van der Waals surface area contributed by atoms with E-state index in [-0.39, 0.29) is 0 Å². The van der Waals surface area contributed by atoms with E-state index in [1.165, 1.54) is 6.08 Å². The molecule has 1 aromatic rings. The molecule has 1 aromatic carbocycles. The third kappa shape index (κ3) is 5.14. The van der Waals surface area contributed by atoms with Gasteiger partial charge in [0.15, 0.2) is 0 Å². The van der Waals surface area contributed by atoms with Crippen LogP contribution in [0.1, 0.15) is 12.5 Å². The zero-order chi connectivity index (χ0) is 13.4. The molecule has 0 unspecified atom stereocenters. The standard InChI is InChI=1S/C13H15BrO3S/c1-2-18-9-8-17-13-10(6-7-12(15)16)4-3-5-11(13)14/h3-7H,2,8-9H2,1H3,(H,15,16)/b7-6+. The number of para-hydroxylation sites is 1. The lowest BCUT2D eigenvalue weighted by molar-refractivity contribution is -0.131. The number of thioether (sulfide) groups is 1. The second-order valence-corrected chi connectivity index (χ2v) is 5.62. The highest BCUT2D eigenvalue weighted by Crippen LogP contribution is 2.30. The fourth-order valence-corrected chi connectivity index (χ4v) is 2.30. The molecule has 0 spiro atoms. The van der Waals surface area contributed by atoms with Crippen LogP contribution >= 0.6 is 27.7 Å². The maximum atomic E-state index is 10.5. The topological polar surface area (TPSA) is 46.5 Å². The molecule has 0 saturated heterocycles. The van der Waals surface area contributed by atoms with Crippen LogP contribution in [-0.4, -0.2) is 29.2 Å². The fraction of sp³-hybridized carbons (Fsp3) is 0.308. The number of aliphatic carboxylic acids is 1. The Morgan fingerprint density at radius 3 is 3.00 bits per heavy atom. The van der Waals surface area contributed by atoms with Crippen molar-refractivity contribution >= 4 is 39.7 Å². The molecule has 0 aliphatic carbocycles. The highest BCUT2D eigenvalue weighted by atomic mass is 79.9. The van der Waals surface area contributed by atoms with Gasteiger partial charge in [0.2, 0.25) is 0 Å². The molecule has 1 rings (SSSR count). The second kappa shape index (κ2) is 8.21. The van der Waals surface area contributed by atoms with Gasteiger partial charge in [-0.05, 0) is 33.8 Å². The lowest BCUT2D eigenvalue weighted by Crippen LogP contribution is -2.02. The van der Waals surface area contributed by atoms with Crippen molar-refractivity contribution in [2.45, 2.75) is 6.92 Å². The first-order valence-corrected chi connectivity index (χ1v) is 7.50. The summed E-state index contributed by atoms with van der Waals surface area (Å²) in [5.74, 6) is 1.69. The van der Waals surface area contributed by atoms with Crippen molar-refractivity contribution in [2.75, 3.05) is 18.1 Å². The molecule has 1 N–H and O–H groups in total. The maximum absolute atomic E-state index is 10.5. The van der Waals surface area contributed by atoms with Crippen LogP contribution in [0.5, 0.6) is 5.75 Å². The molecular formula is C13H15BrO3S. The van der Waals surface area contributed by atoms with E-state index in [0.29, 0.717) is 12.4 Å². The van der Waals surface area contributed by atoms with Crippen LogP contribution in [0, 0.1) is 0 Å². The summed E-state index contributed by atoms with van der Waals surface area (Å²) in [6, 6.07) is 5.55. The average Bonchev–Trinajstić information content (AvgIpc) is 2.34. The minimum atomic E-state index is -0.970.